The van der Waals surface area contributed by atoms with Crippen molar-refractivity contribution in [3.8, 4) is 6.07 Å². The van der Waals surface area contributed by atoms with E-state index < -0.39 is 0 Å². The van der Waals surface area contributed by atoms with E-state index in [9.17, 15) is 0 Å². The molecule has 88 valence electrons. The Balaban J connectivity index is 2.15. The van der Waals surface area contributed by atoms with E-state index in [1.807, 2.05) is 13.0 Å². The zero-order valence-electron chi connectivity index (χ0n) is 10.4. The molecule has 2 rings (SSSR count). The van der Waals surface area contributed by atoms with E-state index in [0.717, 1.165) is 17.1 Å². The number of benzene rings is 1. The van der Waals surface area contributed by atoms with Crippen LogP contribution in [-0.2, 0) is 0 Å². The Kier molecular flexibility index (Phi) is 3.98. The molecule has 1 saturated carbocycles. The summed E-state index contributed by atoms with van der Waals surface area (Å²) in [6, 6.07) is 10.8. The topological polar surface area (TPSA) is 23.8 Å². The van der Waals surface area contributed by atoms with Gasteiger partial charge in [-0.05, 0) is 36.8 Å². The summed E-state index contributed by atoms with van der Waals surface area (Å²) in [4.78, 5) is 0. The Labute approximate surface area is 104 Å². The Morgan fingerprint density at radius 1 is 1.18 bits per heavy atom. The van der Waals surface area contributed by atoms with E-state index in [2.05, 4.69) is 30.3 Å². The minimum atomic E-state index is 0.744. The van der Waals surface area contributed by atoms with Crippen molar-refractivity contribution in [2.75, 3.05) is 0 Å². The fraction of sp³-hybridized carbons (Fsp3) is 0.438. The second-order valence-corrected chi connectivity index (χ2v) is 4.77. The fourth-order valence-electron chi connectivity index (χ4n) is 2.67. The van der Waals surface area contributed by atoms with Gasteiger partial charge in [0.15, 0.2) is 0 Å². The molecule has 17 heavy (non-hydrogen) atoms. The normalized spacial score (nSPS) is 17.8. The van der Waals surface area contributed by atoms with Crippen LogP contribution >= 0.6 is 0 Å². The molecule has 1 aliphatic carbocycles. The average molecular weight is 225 g/mol. The molecule has 0 bridgehead atoms. The number of nitriles is 1. The van der Waals surface area contributed by atoms with Crippen LogP contribution in [0.25, 0.3) is 5.57 Å². The fourth-order valence-corrected chi connectivity index (χ4v) is 2.67. The molecule has 0 aliphatic heterocycles. The summed E-state index contributed by atoms with van der Waals surface area (Å²) in [6.45, 7) is 1.91. The molecule has 0 radical (unpaired) electrons. The van der Waals surface area contributed by atoms with Gasteiger partial charge in [0.1, 0.15) is 0 Å². The summed E-state index contributed by atoms with van der Waals surface area (Å²) in [7, 11) is 0. The van der Waals surface area contributed by atoms with E-state index >= 15 is 0 Å². The van der Waals surface area contributed by atoms with Crippen molar-refractivity contribution < 1.29 is 0 Å². The molecule has 1 fully saturated rings. The summed E-state index contributed by atoms with van der Waals surface area (Å²) in [5.74, 6) is 0.744. The van der Waals surface area contributed by atoms with Crippen LogP contribution in [0.15, 0.2) is 30.3 Å². The summed E-state index contributed by atoms with van der Waals surface area (Å²) >= 11 is 0. The van der Waals surface area contributed by atoms with Crippen LogP contribution in [0.4, 0.5) is 0 Å². The third-order valence-corrected chi connectivity index (χ3v) is 3.71. The van der Waals surface area contributed by atoms with Gasteiger partial charge in [-0.25, -0.2) is 0 Å². The van der Waals surface area contributed by atoms with Crippen LogP contribution in [0.3, 0.4) is 0 Å². The number of allylic oxidation sites excluding steroid dienone is 2. The summed E-state index contributed by atoms with van der Waals surface area (Å²) < 4.78 is 0. The smallest absolute Gasteiger partial charge is 0.0994 e. The van der Waals surface area contributed by atoms with Crippen molar-refractivity contribution in [2.45, 2.75) is 44.9 Å². The van der Waals surface area contributed by atoms with Crippen molar-refractivity contribution in [1.82, 2.24) is 0 Å². The summed E-state index contributed by atoms with van der Waals surface area (Å²) in [5, 5.41) is 8.98. The first-order valence-electron chi connectivity index (χ1n) is 6.52. The molecular formula is C16H19N. The van der Waals surface area contributed by atoms with Crippen molar-refractivity contribution in [2.24, 2.45) is 0 Å². The monoisotopic (exact) mass is 225 g/mol. The molecule has 0 aromatic heterocycles. The minimum absolute atomic E-state index is 0.744. The lowest BCUT2D eigenvalue weighted by Crippen LogP contribution is -2.04. The maximum atomic E-state index is 8.98. The van der Waals surface area contributed by atoms with Gasteiger partial charge in [-0.1, -0.05) is 49.6 Å². The number of hydrogen-bond donors (Lipinski definition) is 0. The van der Waals surface area contributed by atoms with Gasteiger partial charge >= 0.3 is 0 Å². The zero-order valence-corrected chi connectivity index (χ0v) is 10.4. The van der Waals surface area contributed by atoms with E-state index in [4.69, 9.17) is 5.26 Å². The lowest BCUT2D eigenvalue weighted by molar-refractivity contribution is 0.443. The third kappa shape index (κ3) is 2.77. The largest absolute Gasteiger partial charge is 0.192 e. The van der Waals surface area contributed by atoms with Crippen LogP contribution in [-0.4, -0.2) is 0 Å². The molecule has 1 nitrogen and oxygen atoms in total. The highest BCUT2D eigenvalue weighted by Crippen LogP contribution is 2.32. The number of hydrogen-bond acceptors (Lipinski definition) is 1. The van der Waals surface area contributed by atoms with E-state index in [0.29, 0.717) is 0 Å². The highest BCUT2D eigenvalue weighted by molar-refractivity contribution is 5.76. The molecule has 1 heteroatoms. The summed E-state index contributed by atoms with van der Waals surface area (Å²) in [6.07, 6.45) is 8.65. The van der Waals surface area contributed by atoms with Crippen LogP contribution in [0.1, 0.15) is 56.1 Å². The van der Waals surface area contributed by atoms with E-state index in [1.165, 1.54) is 37.7 Å². The lowest BCUT2D eigenvalue weighted by Gasteiger charge is -2.22. The van der Waals surface area contributed by atoms with Gasteiger partial charge in [-0.2, -0.15) is 5.26 Å². The number of rotatable bonds is 2. The molecular weight excluding hydrogens is 206 g/mol. The molecule has 0 unspecified atom stereocenters. The standard InChI is InChI=1S/C16H19N/c1-2-13(12-17)15-8-10-16(11-9-15)14-6-4-3-5-7-14/h2,8-11,14H,3-7H2,1H3/b13-2+. The van der Waals surface area contributed by atoms with Crippen molar-refractivity contribution in [3.05, 3.63) is 41.5 Å². The molecule has 0 spiro atoms. The van der Waals surface area contributed by atoms with Gasteiger partial charge < -0.3 is 0 Å². The lowest BCUT2D eigenvalue weighted by atomic mass is 9.84. The molecule has 0 saturated heterocycles. The van der Waals surface area contributed by atoms with Crippen LogP contribution in [0.2, 0.25) is 0 Å². The Morgan fingerprint density at radius 3 is 2.35 bits per heavy atom. The maximum absolute atomic E-state index is 8.98. The third-order valence-electron chi connectivity index (χ3n) is 3.71. The predicted molar refractivity (Wildman–Crippen MR) is 71.5 cm³/mol. The SMILES string of the molecule is C/C=C(\C#N)c1ccc(C2CCCCC2)cc1. The first kappa shape index (κ1) is 11.9. The molecule has 0 heterocycles. The Hall–Kier alpha value is -1.55. The second kappa shape index (κ2) is 5.68. The molecule has 1 aromatic rings. The molecule has 1 aromatic carbocycles. The molecule has 0 N–H and O–H groups in total. The molecule has 0 amide bonds. The Bertz CT molecular complexity index is 428. The van der Waals surface area contributed by atoms with Crippen molar-refractivity contribution in [3.63, 3.8) is 0 Å². The maximum Gasteiger partial charge on any atom is 0.0994 e. The van der Waals surface area contributed by atoms with Gasteiger partial charge in [-0.3, -0.25) is 0 Å². The first-order valence-corrected chi connectivity index (χ1v) is 6.52. The van der Waals surface area contributed by atoms with Crippen molar-refractivity contribution >= 4 is 5.57 Å². The molecule has 0 atom stereocenters. The van der Waals surface area contributed by atoms with Gasteiger partial charge in [0.25, 0.3) is 0 Å². The highest BCUT2D eigenvalue weighted by atomic mass is 14.2. The van der Waals surface area contributed by atoms with E-state index in [1.54, 1.807) is 0 Å². The molecule has 1 aliphatic rings. The van der Waals surface area contributed by atoms with Gasteiger partial charge in [0.05, 0.1) is 11.6 Å². The predicted octanol–water partition coefficient (Wildman–Crippen LogP) is 4.66. The zero-order chi connectivity index (χ0) is 12.1. The van der Waals surface area contributed by atoms with Gasteiger partial charge in [0, 0.05) is 0 Å². The first-order chi connectivity index (χ1) is 8.35. The Morgan fingerprint density at radius 2 is 1.82 bits per heavy atom. The quantitative estimate of drug-likeness (QED) is 0.671. The minimum Gasteiger partial charge on any atom is -0.192 e. The van der Waals surface area contributed by atoms with Crippen molar-refractivity contribution in [1.29, 1.82) is 5.26 Å². The van der Waals surface area contributed by atoms with Crippen LogP contribution < -0.4 is 0 Å². The van der Waals surface area contributed by atoms with Crippen LogP contribution in [0.5, 0.6) is 0 Å². The highest BCUT2D eigenvalue weighted by Gasteiger charge is 2.15. The summed E-state index contributed by atoms with van der Waals surface area (Å²) in [5.41, 5.74) is 3.25. The van der Waals surface area contributed by atoms with Gasteiger partial charge in [-0.15, -0.1) is 0 Å². The van der Waals surface area contributed by atoms with E-state index in [-0.39, 0.29) is 0 Å². The number of nitrogens with zero attached hydrogens (tertiary/aromatic N) is 1. The second-order valence-electron chi connectivity index (χ2n) is 4.77. The average Bonchev–Trinajstić information content (AvgIpc) is 2.42. The van der Waals surface area contributed by atoms with Gasteiger partial charge in [0.2, 0.25) is 0 Å². The van der Waals surface area contributed by atoms with Crippen LogP contribution in [0, 0.1) is 11.3 Å².